The van der Waals surface area contributed by atoms with Gasteiger partial charge in [0.1, 0.15) is 0 Å². The Bertz CT molecular complexity index is 367. The zero-order valence-corrected chi connectivity index (χ0v) is 11.5. The topological polar surface area (TPSA) is 15.3 Å². The van der Waals surface area contributed by atoms with Crippen LogP contribution in [0.3, 0.4) is 0 Å². The average molecular weight is 283 g/mol. The number of nitrogens with one attached hydrogen (secondary N) is 1. The van der Waals surface area contributed by atoms with Crippen molar-refractivity contribution < 1.29 is 0 Å². The molecule has 1 heterocycles. The molecule has 1 N–H and O–H groups in total. The van der Waals surface area contributed by atoms with Gasteiger partial charge >= 0.3 is 0 Å². The van der Waals surface area contributed by atoms with Gasteiger partial charge in [-0.1, -0.05) is 12.1 Å². The molecule has 0 spiro atoms. The molecule has 3 heteroatoms. The van der Waals surface area contributed by atoms with E-state index in [-0.39, 0.29) is 5.54 Å². The van der Waals surface area contributed by atoms with Gasteiger partial charge in [0.2, 0.25) is 0 Å². The third-order valence-corrected chi connectivity index (χ3v) is 4.16. The molecule has 0 saturated carbocycles. The Morgan fingerprint density at radius 1 is 1.38 bits per heavy atom. The lowest BCUT2D eigenvalue weighted by molar-refractivity contribution is 0.316. The first-order chi connectivity index (χ1) is 7.64. The maximum absolute atomic E-state index is 3.63. The van der Waals surface area contributed by atoms with Crippen LogP contribution in [0.25, 0.3) is 0 Å². The van der Waals surface area contributed by atoms with Crippen LogP contribution < -0.4 is 10.2 Å². The summed E-state index contributed by atoms with van der Waals surface area (Å²) in [6, 6.07) is 8.46. The van der Waals surface area contributed by atoms with Crippen LogP contribution in [-0.2, 0) is 0 Å². The van der Waals surface area contributed by atoms with Crippen LogP contribution in [-0.4, -0.2) is 25.7 Å². The van der Waals surface area contributed by atoms with E-state index in [0.29, 0.717) is 0 Å². The molecule has 2 nitrogen and oxygen atoms in total. The molecule has 0 radical (unpaired) electrons. The maximum Gasteiger partial charge on any atom is 0.0511 e. The summed E-state index contributed by atoms with van der Waals surface area (Å²) in [5, 5.41) is 3.44. The zero-order chi connectivity index (χ0) is 11.6. The largest absolute Gasteiger partial charge is 0.369 e. The standard InChI is InChI=1S/C13H19BrN2/c1-13(15-2)8-5-9-16(10-13)12-7-4-3-6-11(12)14/h3-4,6-7,15H,5,8-10H2,1-2H3. The van der Waals surface area contributed by atoms with Crippen LogP contribution in [0.1, 0.15) is 19.8 Å². The summed E-state index contributed by atoms with van der Waals surface area (Å²) < 4.78 is 1.19. The molecule has 1 aliphatic heterocycles. The van der Waals surface area contributed by atoms with Gasteiger partial charge in [0.05, 0.1) is 5.69 Å². The van der Waals surface area contributed by atoms with E-state index in [4.69, 9.17) is 0 Å². The molecule has 0 aliphatic carbocycles. The van der Waals surface area contributed by atoms with Crippen LogP contribution in [0.2, 0.25) is 0 Å². The van der Waals surface area contributed by atoms with E-state index in [0.717, 1.165) is 13.1 Å². The molecule has 2 rings (SSSR count). The van der Waals surface area contributed by atoms with E-state index in [2.05, 4.69) is 64.4 Å². The number of nitrogens with zero attached hydrogens (tertiary/aromatic N) is 1. The van der Waals surface area contributed by atoms with E-state index in [1.807, 2.05) is 0 Å². The van der Waals surface area contributed by atoms with Crippen LogP contribution in [0.5, 0.6) is 0 Å². The minimum Gasteiger partial charge on any atom is -0.369 e. The Morgan fingerprint density at radius 2 is 2.12 bits per heavy atom. The van der Waals surface area contributed by atoms with E-state index in [1.165, 1.54) is 23.0 Å². The van der Waals surface area contributed by atoms with Crippen LogP contribution in [0.4, 0.5) is 5.69 Å². The van der Waals surface area contributed by atoms with Gasteiger partial charge in [-0.05, 0) is 54.9 Å². The zero-order valence-electron chi connectivity index (χ0n) is 9.96. The Hall–Kier alpha value is -0.540. The van der Waals surface area contributed by atoms with Crippen molar-refractivity contribution >= 4 is 21.6 Å². The molecule has 0 amide bonds. The van der Waals surface area contributed by atoms with Gasteiger partial charge in [-0.15, -0.1) is 0 Å². The van der Waals surface area contributed by atoms with Gasteiger partial charge < -0.3 is 10.2 Å². The monoisotopic (exact) mass is 282 g/mol. The number of benzene rings is 1. The summed E-state index contributed by atoms with van der Waals surface area (Å²) in [5.74, 6) is 0. The number of likely N-dealkylation sites (N-methyl/N-ethyl adjacent to an activating group) is 1. The molecule has 1 aromatic rings. The molecule has 88 valence electrons. The number of halogens is 1. The van der Waals surface area contributed by atoms with Gasteiger partial charge in [-0.25, -0.2) is 0 Å². The highest BCUT2D eigenvalue weighted by Crippen LogP contribution is 2.30. The molecule has 1 aromatic carbocycles. The fourth-order valence-corrected chi connectivity index (χ4v) is 2.89. The smallest absolute Gasteiger partial charge is 0.0511 e. The van der Waals surface area contributed by atoms with Crippen molar-refractivity contribution in [1.29, 1.82) is 0 Å². The molecule has 1 saturated heterocycles. The van der Waals surface area contributed by atoms with Crippen molar-refractivity contribution in [3.05, 3.63) is 28.7 Å². The minimum absolute atomic E-state index is 0.244. The molecular formula is C13H19BrN2. The second kappa shape index (κ2) is 4.76. The number of hydrogen-bond acceptors (Lipinski definition) is 2. The van der Waals surface area contributed by atoms with E-state index >= 15 is 0 Å². The van der Waals surface area contributed by atoms with Crippen LogP contribution in [0, 0.1) is 0 Å². The fraction of sp³-hybridized carbons (Fsp3) is 0.538. The first-order valence-corrected chi connectivity index (χ1v) is 6.62. The minimum atomic E-state index is 0.244. The average Bonchev–Trinajstić information content (AvgIpc) is 2.30. The second-order valence-electron chi connectivity index (χ2n) is 4.79. The van der Waals surface area contributed by atoms with E-state index in [9.17, 15) is 0 Å². The first-order valence-electron chi connectivity index (χ1n) is 5.83. The summed E-state index contributed by atoms with van der Waals surface area (Å²) in [6.07, 6.45) is 2.50. The third kappa shape index (κ3) is 2.41. The number of para-hydroxylation sites is 1. The highest BCUT2D eigenvalue weighted by molar-refractivity contribution is 9.10. The molecule has 1 aliphatic rings. The van der Waals surface area contributed by atoms with Gasteiger partial charge in [0, 0.05) is 23.1 Å². The fourth-order valence-electron chi connectivity index (χ4n) is 2.36. The Morgan fingerprint density at radius 3 is 2.81 bits per heavy atom. The molecule has 0 bridgehead atoms. The Labute approximate surface area is 106 Å². The van der Waals surface area contributed by atoms with Crippen molar-refractivity contribution in [2.24, 2.45) is 0 Å². The molecule has 16 heavy (non-hydrogen) atoms. The van der Waals surface area contributed by atoms with E-state index in [1.54, 1.807) is 0 Å². The molecular weight excluding hydrogens is 264 g/mol. The Kier molecular flexibility index (Phi) is 3.55. The lowest BCUT2D eigenvalue weighted by atomic mass is 9.91. The number of piperidine rings is 1. The van der Waals surface area contributed by atoms with Crippen molar-refractivity contribution in [3.8, 4) is 0 Å². The third-order valence-electron chi connectivity index (χ3n) is 3.49. The predicted octanol–water partition coefficient (Wildman–Crippen LogP) is 3.03. The summed E-state index contributed by atoms with van der Waals surface area (Å²) in [6.45, 7) is 4.53. The highest BCUT2D eigenvalue weighted by Gasteiger charge is 2.29. The van der Waals surface area contributed by atoms with Crippen LogP contribution in [0.15, 0.2) is 28.7 Å². The predicted molar refractivity (Wildman–Crippen MR) is 73.1 cm³/mol. The first kappa shape index (κ1) is 11.9. The van der Waals surface area contributed by atoms with Gasteiger partial charge in [-0.2, -0.15) is 0 Å². The van der Waals surface area contributed by atoms with Gasteiger partial charge in [-0.3, -0.25) is 0 Å². The van der Waals surface area contributed by atoms with E-state index < -0.39 is 0 Å². The van der Waals surface area contributed by atoms with Crippen molar-refractivity contribution in [2.45, 2.75) is 25.3 Å². The Balaban J connectivity index is 2.19. The maximum atomic E-state index is 3.63. The summed E-state index contributed by atoms with van der Waals surface area (Å²) >= 11 is 3.63. The number of hydrogen-bond donors (Lipinski definition) is 1. The van der Waals surface area contributed by atoms with Crippen LogP contribution >= 0.6 is 15.9 Å². The molecule has 0 aromatic heterocycles. The summed E-state index contributed by atoms with van der Waals surface area (Å²) in [4.78, 5) is 2.46. The summed E-state index contributed by atoms with van der Waals surface area (Å²) in [5.41, 5.74) is 1.55. The molecule has 1 unspecified atom stereocenters. The number of anilines is 1. The van der Waals surface area contributed by atoms with Gasteiger partial charge in [0.25, 0.3) is 0 Å². The van der Waals surface area contributed by atoms with Crippen molar-refractivity contribution in [3.63, 3.8) is 0 Å². The van der Waals surface area contributed by atoms with Crippen molar-refractivity contribution in [2.75, 3.05) is 25.0 Å². The SMILES string of the molecule is CNC1(C)CCCN(c2ccccc2Br)C1. The lowest BCUT2D eigenvalue weighted by Gasteiger charge is -2.42. The number of rotatable bonds is 2. The molecule has 1 atom stereocenters. The lowest BCUT2D eigenvalue weighted by Crippen LogP contribution is -2.53. The summed E-state index contributed by atoms with van der Waals surface area (Å²) in [7, 11) is 2.06. The van der Waals surface area contributed by atoms with Gasteiger partial charge in [0.15, 0.2) is 0 Å². The molecule has 1 fully saturated rings. The highest BCUT2D eigenvalue weighted by atomic mass is 79.9. The van der Waals surface area contributed by atoms with Crippen molar-refractivity contribution in [1.82, 2.24) is 5.32 Å². The second-order valence-corrected chi connectivity index (χ2v) is 5.64. The normalized spacial score (nSPS) is 25.8. The quantitative estimate of drug-likeness (QED) is 0.897.